The number of urea groups is 1. The standard InChI is InChI=1S/C18H20ClN3O2/c1-18(2,3)22(16(23)13-8-7-9-14(19)12-13)21-17(24)20-15-10-5-4-6-11-15/h4-12H,1-3H3,(H2,20,21,24). The number of carbonyl (C=O) groups excluding carboxylic acids is 2. The van der Waals surface area contributed by atoms with Gasteiger partial charge in [0, 0.05) is 16.3 Å². The first-order chi connectivity index (χ1) is 11.3. The quantitative estimate of drug-likeness (QED) is 0.796. The first kappa shape index (κ1) is 17.8. The van der Waals surface area contributed by atoms with Crippen molar-refractivity contribution in [2.75, 3.05) is 5.32 Å². The Bertz CT molecular complexity index is 727. The Morgan fingerprint density at radius 1 is 1.00 bits per heavy atom. The predicted octanol–water partition coefficient (Wildman–Crippen LogP) is 4.32. The normalized spacial score (nSPS) is 10.8. The van der Waals surface area contributed by atoms with Crippen molar-refractivity contribution in [3.8, 4) is 0 Å². The molecule has 0 radical (unpaired) electrons. The highest BCUT2D eigenvalue weighted by molar-refractivity contribution is 6.31. The summed E-state index contributed by atoms with van der Waals surface area (Å²) in [5.41, 5.74) is 3.03. The van der Waals surface area contributed by atoms with Crippen molar-refractivity contribution in [1.82, 2.24) is 10.4 Å². The van der Waals surface area contributed by atoms with Gasteiger partial charge in [-0.3, -0.25) is 4.79 Å². The lowest BCUT2D eigenvalue weighted by molar-refractivity contribution is 0.0460. The second-order valence-corrected chi connectivity index (χ2v) is 6.69. The van der Waals surface area contributed by atoms with Crippen LogP contribution >= 0.6 is 11.6 Å². The summed E-state index contributed by atoms with van der Waals surface area (Å²) in [5, 5.41) is 4.44. The van der Waals surface area contributed by atoms with E-state index in [0.717, 1.165) is 0 Å². The van der Waals surface area contributed by atoms with Gasteiger partial charge in [-0.05, 0) is 51.1 Å². The van der Waals surface area contributed by atoms with E-state index in [2.05, 4.69) is 10.7 Å². The molecule has 0 fully saturated rings. The number of hydrogen-bond donors (Lipinski definition) is 2. The predicted molar refractivity (Wildman–Crippen MR) is 96.0 cm³/mol. The zero-order chi connectivity index (χ0) is 17.7. The van der Waals surface area contributed by atoms with Crippen LogP contribution in [0.15, 0.2) is 54.6 Å². The van der Waals surface area contributed by atoms with Gasteiger partial charge in [0.2, 0.25) is 0 Å². The van der Waals surface area contributed by atoms with E-state index >= 15 is 0 Å². The van der Waals surface area contributed by atoms with E-state index in [1.807, 2.05) is 39.0 Å². The SMILES string of the molecule is CC(C)(C)N(NC(=O)Nc1ccccc1)C(=O)c1cccc(Cl)c1. The number of rotatable bonds is 2. The minimum atomic E-state index is -0.618. The molecule has 0 aliphatic rings. The molecule has 126 valence electrons. The van der Waals surface area contributed by atoms with E-state index in [1.54, 1.807) is 36.4 Å². The van der Waals surface area contributed by atoms with Gasteiger partial charge in [-0.25, -0.2) is 15.2 Å². The molecule has 0 atom stereocenters. The van der Waals surface area contributed by atoms with Crippen LogP contribution in [0.25, 0.3) is 0 Å². The van der Waals surface area contributed by atoms with Crippen LogP contribution in [0.4, 0.5) is 10.5 Å². The molecule has 0 spiro atoms. The lowest BCUT2D eigenvalue weighted by Gasteiger charge is -2.35. The molecule has 0 aliphatic carbocycles. The zero-order valence-corrected chi connectivity index (χ0v) is 14.6. The number of nitrogens with one attached hydrogen (secondary N) is 2. The number of carbonyl (C=O) groups is 2. The molecule has 2 aromatic rings. The topological polar surface area (TPSA) is 61.4 Å². The smallest absolute Gasteiger partial charge is 0.307 e. The van der Waals surface area contributed by atoms with Crippen LogP contribution in [0.5, 0.6) is 0 Å². The fraction of sp³-hybridized carbons (Fsp3) is 0.222. The molecular formula is C18H20ClN3O2. The van der Waals surface area contributed by atoms with Crippen LogP contribution in [0.1, 0.15) is 31.1 Å². The molecule has 0 saturated carbocycles. The van der Waals surface area contributed by atoms with Gasteiger partial charge in [0.25, 0.3) is 5.91 Å². The number of halogens is 1. The van der Waals surface area contributed by atoms with Crippen LogP contribution in [0.3, 0.4) is 0 Å². The lowest BCUT2D eigenvalue weighted by Crippen LogP contribution is -2.56. The van der Waals surface area contributed by atoms with Gasteiger partial charge in [0.1, 0.15) is 0 Å². The largest absolute Gasteiger partial charge is 0.338 e. The summed E-state index contributed by atoms with van der Waals surface area (Å²) in [5.74, 6) is -0.340. The second-order valence-electron chi connectivity index (χ2n) is 6.25. The van der Waals surface area contributed by atoms with E-state index in [4.69, 9.17) is 11.6 Å². The Labute approximate surface area is 146 Å². The van der Waals surface area contributed by atoms with E-state index in [1.165, 1.54) is 5.01 Å². The number of hydrogen-bond acceptors (Lipinski definition) is 2. The van der Waals surface area contributed by atoms with Crippen molar-refractivity contribution in [2.45, 2.75) is 26.3 Å². The monoisotopic (exact) mass is 345 g/mol. The molecule has 0 bridgehead atoms. The fourth-order valence-electron chi connectivity index (χ4n) is 2.06. The minimum absolute atomic E-state index is 0.340. The molecule has 0 aromatic heterocycles. The molecule has 3 amide bonds. The van der Waals surface area contributed by atoms with Gasteiger partial charge in [-0.1, -0.05) is 35.9 Å². The van der Waals surface area contributed by atoms with Crippen molar-refractivity contribution in [3.63, 3.8) is 0 Å². The van der Waals surface area contributed by atoms with Gasteiger partial charge >= 0.3 is 6.03 Å². The molecule has 6 heteroatoms. The number of amides is 3. The van der Waals surface area contributed by atoms with Crippen LogP contribution in [-0.4, -0.2) is 22.5 Å². The Hall–Kier alpha value is -2.53. The van der Waals surface area contributed by atoms with Crippen LogP contribution < -0.4 is 10.7 Å². The van der Waals surface area contributed by atoms with E-state index in [0.29, 0.717) is 16.3 Å². The second kappa shape index (κ2) is 7.36. The Balaban J connectivity index is 2.17. The molecule has 0 unspecified atom stereocenters. The third-order valence-corrected chi connectivity index (χ3v) is 3.43. The average Bonchev–Trinajstić information content (AvgIpc) is 2.52. The maximum absolute atomic E-state index is 12.8. The van der Waals surface area contributed by atoms with Crippen LogP contribution in [0.2, 0.25) is 5.02 Å². The number of benzene rings is 2. The van der Waals surface area contributed by atoms with Gasteiger partial charge in [-0.15, -0.1) is 0 Å². The fourth-order valence-corrected chi connectivity index (χ4v) is 2.25. The number of nitrogens with zero attached hydrogens (tertiary/aromatic N) is 1. The van der Waals surface area contributed by atoms with E-state index in [-0.39, 0.29) is 5.91 Å². The maximum Gasteiger partial charge on any atom is 0.338 e. The van der Waals surface area contributed by atoms with Crippen molar-refractivity contribution in [1.29, 1.82) is 0 Å². The molecule has 0 aliphatic heterocycles. The highest BCUT2D eigenvalue weighted by atomic mass is 35.5. The third kappa shape index (κ3) is 4.73. The van der Waals surface area contributed by atoms with E-state index in [9.17, 15) is 9.59 Å². The van der Waals surface area contributed by atoms with E-state index < -0.39 is 11.6 Å². The molecule has 0 saturated heterocycles. The van der Waals surface area contributed by atoms with Crippen molar-refractivity contribution in [3.05, 3.63) is 65.2 Å². The number of hydrazine groups is 1. The van der Waals surface area contributed by atoms with Gasteiger partial charge in [-0.2, -0.15) is 0 Å². The number of para-hydroxylation sites is 1. The highest BCUT2D eigenvalue weighted by Gasteiger charge is 2.29. The molecule has 2 N–H and O–H groups in total. The Morgan fingerprint density at radius 2 is 1.67 bits per heavy atom. The first-order valence-electron chi connectivity index (χ1n) is 7.50. The van der Waals surface area contributed by atoms with Crippen LogP contribution in [0, 0.1) is 0 Å². The molecular weight excluding hydrogens is 326 g/mol. The highest BCUT2D eigenvalue weighted by Crippen LogP contribution is 2.18. The summed E-state index contributed by atoms with van der Waals surface area (Å²) in [6, 6.07) is 15.1. The minimum Gasteiger partial charge on any atom is -0.307 e. The summed E-state index contributed by atoms with van der Waals surface area (Å²) in [6.45, 7) is 5.49. The summed E-state index contributed by atoms with van der Waals surface area (Å²) in [4.78, 5) is 25.0. The molecule has 0 heterocycles. The van der Waals surface area contributed by atoms with Gasteiger partial charge in [0.05, 0.1) is 5.54 Å². The summed E-state index contributed by atoms with van der Waals surface area (Å²) < 4.78 is 0. The lowest BCUT2D eigenvalue weighted by atomic mass is 10.1. The van der Waals surface area contributed by atoms with Gasteiger partial charge in [0.15, 0.2) is 0 Å². The summed E-state index contributed by atoms with van der Waals surface area (Å²) in [7, 11) is 0. The molecule has 5 nitrogen and oxygen atoms in total. The molecule has 2 rings (SSSR count). The molecule has 24 heavy (non-hydrogen) atoms. The van der Waals surface area contributed by atoms with Crippen molar-refractivity contribution in [2.24, 2.45) is 0 Å². The van der Waals surface area contributed by atoms with Gasteiger partial charge < -0.3 is 5.32 Å². The Morgan fingerprint density at radius 3 is 2.25 bits per heavy atom. The first-order valence-corrected chi connectivity index (χ1v) is 7.88. The van der Waals surface area contributed by atoms with Crippen LogP contribution in [-0.2, 0) is 0 Å². The maximum atomic E-state index is 12.8. The van der Waals surface area contributed by atoms with Crippen molar-refractivity contribution < 1.29 is 9.59 Å². The average molecular weight is 346 g/mol. The zero-order valence-electron chi connectivity index (χ0n) is 13.8. The number of anilines is 1. The third-order valence-electron chi connectivity index (χ3n) is 3.19. The van der Waals surface area contributed by atoms with Crippen molar-refractivity contribution >= 4 is 29.2 Å². The Kier molecular flexibility index (Phi) is 5.46. The summed E-state index contributed by atoms with van der Waals surface area (Å²) >= 11 is 5.95. The summed E-state index contributed by atoms with van der Waals surface area (Å²) in [6.07, 6.45) is 0. The molecule has 2 aromatic carbocycles.